The molecule has 70 valence electrons. The molecule has 0 N–H and O–H groups in total. The molecular formula is C10H12ClNO. The van der Waals surface area contributed by atoms with E-state index in [2.05, 4.69) is 0 Å². The minimum absolute atomic E-state index is 0.0527. The van der Waals surface area contributed by atoms with E-state index in [0.717, 1.165) is 5.56 Å². The Morgan fingerprint density at radius 1 is 1.38 bits per heavy atom. The van der Waals surface area contributed by atoms with Crippen LogP contribution in [0.1, 0.15) is 15.9 Å². The molecule has 3 heteroatoms. The van der Waals surface area contributed by atoms with Crippen molar-refractivity contribution in [2.24, 2.45) is 0 Å². The Morgan fingerprint density at radius 2 is 2.00 bits per heavy atom. The average Bonchev–Trinajstić information content (AvgIpc) is 2.03. The lowest BCUT2D eigenvalue weighted by molar-refractivity contribution is 0.0827. The maximum atomic E-state index is 11.6. The predicted octanol–water partition coefficient (Wildman–Crippen LogP) is 2.35. The summed E-state index contributed by atoms with van der Waals surface area (Å²) < 4.78 is 0. The van der Waals surface area contributed by atoms with E-state index in [-0.39, 0.29) is 5.91 Å². The monoisotopic (exact) mass is 197 g/mol. The molecule has 2 nitrogen and oxygen atoms in total. The molecule has 0 aliphatic rings. The van der Waals surface area contributed by atoms with E-state index in [1.54, 1.807) is 20.2 Å². The van der Waals surface area contributed by atoms with E-state index in [4.69, 9.17) is 11.6 Å². The maximum absolute atomic E-state index is 11.6. The lowest BCUT2D eigenvalue weighted by Crippen LogP contribution is -2.22. The average molecular weight is 198 g/mol. The molecule has 0 bridgehead atoms. The Morgan fingerprint density at radius 3 is 2.46 bits per heavy atom. The molecule has 1 rings (SSSR count). The summed E-state index contributed by atoms with van der Waals surface area (Å²) >= 11 is 5.92. The number of hydrogen-bond donors (Lipinski definition) is 0. The Bertz CT molecular complexity index is 313. The highest BCUT2D eigenvalue weighted by Gasteiger charge is 2.14. The Balaban J connectivity index is 3.20. The molecule has 1 aromatic carbocycles. The summed E-state index contributed by atoms with van der Waals surface area (Å²) in [6.07, 6.45) is 0. The quantitative estimate of drug-likeness (QED) is 0.677. The third-order valence-electron chi connectivity index (χ3n) is 1.84. The van der Waals surface area contributed by atoms with E-state index in [1.165, 1.54) is 4.90 Å². The first kappa shape index (κ1) is 10.1. The van der Waals surface area contributed by atoms with Crippen LogP contribution in [0.5, 0.6) is 0 Å². The van der Waals surface area contributed by atoms with Gasteiger partial charge in [0.05, 0.1) is 10.6 Å². The van der Waals surface area contributed by atoms with Crippen molar-refractivity contribution in [1.82, 2.24) is 4.90 Å². The third kappa shape index (κ3) is 2.01. The number of carbonyl (C=O) groups excluding carboxylic acids is 1. The molecule has 0 saturated carbocycles. The Hall–Kier alpha value is -1.02. The molecule has 0 aliphatic carbocycles. The lowest BCUT2D eigenvalue weighted by Gasteiger charge is -2.13. The van der Waals surface area contributed by atoms with Crippen molar-refractivity contribution in [3.8, 4) is 0 Å². The van der Waals surface area contributed by atoms with Crippen molar-refractivity contribution < 1.29 is 4.79 Å². The number of aryl methyl sites for hydroxylation is 1. The molecule has 0 atom stereocenters. The van der Waals surface area contributed by atoms with Crippen LogP contribution in [0, 0.1) is 6.92 Å². The largest absolute Gasteiger partial charge is 0.345 e. The zero-order valence-electron chi connectivity index (χ0n) is 7.97. The fourth-order valence-corrected chi connectivity index (χ4v) is 1.43. The van der Waals surface area contributed by atoms with Gasteiger partial charge in [-0.2, -0.15) is 0 Å². The zero-order chi connectivity index (χ0) is 10.0. The third-order valence-corrected chi connectivity index (χ3v) is 2.16. The van der Waals surface area contributed by atoms with Gasteiger partial charge in [-0.1, -0.05) is 23.7 Å². The number of carbonyl (C=O) groups is 1. The van der Waals surface area contributed by atoms with Crippen molar-refractivity contribution in [1.29, 1.82) is 0 Å². The highest BCUT2D eigenvalue weighted by atomic mass is 35.5. The number of halogens is 1. The molecule has 0 aromatic heterocycles. The van der Waals surface area contributed by atoms with Crippen LogP contribution >= 0.6 is 11.6 Å². The van der Waals surface area contributed by atoms with Gasteiger partial charge < -0.3 is 4.90 Å². The molecular weight excluding hydrogens is 186 g/mol. The fourth-order valence-electron chi connectivity index (χ4n) is 1.13. The van der Waals surface area contributed by atoms with Crippen LogP contribution in [0.4, 0.5) is 0 Å². The van der Waals surface area contributed by atoms with Crippen LogP contribution in [0.3, 0.4) is 0 Å². The zero-order valence-corrected chi connectivity index (χ0v) is 8.72. The van der Waals surface area contributed by atoms with Crippen LogP contribution < -0.4 is 0 Å². The van der Waals surface area contributed by atoms with E-state index < -0.39 is 0 Å². The van der Waals surface area contributed by atoms with Gasteiger partial charge in [-0.15, -0.1) is 0 Å². The van der Waals surface area contributed by atoms with Gasteiger partial charge in [-0.25, -0.2) is 0 Å². The van der Waals surface area contributed by atoms with Crippen molar-refractivity contribution in [3.63, 3.8) is 0 Å². The van der Waals surface area contributed by atoms with Crippen molar-refractivity contribution in [2.45, 2.75) is 6.92 Å². The normalized spacial score (nSPS) is 9.85. The summed E-state index contributed by atoms with van der Waals surface area (Å²) in [6.45, 7) is 1.88. The van der Waals surface area contributed by atoms with Crippen molar-refractivity contribution >= 4 is 17.5 Å². The van der Waals surface area contributed by atoms with Gasteiger partial charge in [0.15, 0.2) is 0 Å². The van der Waals surface area contributed by atoms with Crippen LogP contribution in [-0.2, 0) is 0 Å². The molecule has 0 aliphatic heterocycles. The first-order valence-corrected chi connectivity index (χ1v) is 4.38. The van der Waals surface area contributed by atoms with Crippen molar-refractivity contribution in [3.05, 3.63) is 34.3 Å². The smallest absolute Gasteiger partial charge is 0.255 e. The molecule has 0 radical (unpaired) electrons. The molecule has 0 heterocycles. The molecule has 0 unspecified atom stereocenters. The van der Waals surface area contributed by atoms with Crippen LogP contribution in [0.15, 0.2) is 18.2 Å². The van der Waals surface area contributed by atoms with E-state index in [1.807, 2.05) is 19.1 Å². The van der Waals surface area contributed by atoms with Crippen LogP contribution in [0.2, 0.25) is 5.02 Å². The first-order valence-electron chi connectivity index (χ1n) is 4.01. The standard InChI is InChI=1S/C10H12ClNO/c1-7-5-4-6-8(11)9(7)10(13)12(2)3/h4-6H,1-3H3. The second-order valence-electron chi connectivity index (χ2n) is 3.13. The molecule has 1 aromatic rings. The van der Waals surface area contributed by atoms with Gasteiger partial charge >= 0.3 is 0 Å². The molecule has 0 fully saturated rings. The summed E-state index contributed by atoms with van der Waals surface area (Å²) in [6, 6.07) is 5.44. The van der Waals surface area contributed by atoms with Gasteiger partial charge in [0.2, 0.25) is 0 Å². The second-order valence-corrected chi connectivity index (χ2v) is 3.54. The Kier molecular flexibility index (Phi) is 2.94. The summed E-state index contributed by atoms with van der Waals surface area (Å²) in [4.78, 5) is 13.1. The topological polar surface area (TPSA) is 20.3 Å². The lowest BCUT2D eigenvalue weighted by atomic mass is 10.1. The first-order chi connectivity index (χ1) is 6.04. The van der Waals surface area contributed by atoms with Gasteiger partial charge in [0.1, 0.15) is 0 Å². The van der Waals surface area contributed by atoms with Gasteiger partial charge in [-0.3, -0.25) is 4.79 Å². The minimum atomic E-state index is -0.0527. The SMILES string of the molecule is Cc1cccc(Cl)c1C(=O)N(C)C. The number of hydrogen-bond acceptors (Lipinski definition) is 1. The number of amides is 1. The number of benzene rings is 1. The number of rotatable bonds is 1. The minimum Gasteiger partial charge on any atom is -0.345 e. The van der Waals surface area contributed by atoms with E-state index in [0.29, 0.717) is 10.6 Å². The summed E-state index contributed by atoms with van der Waals surface area (Å²) in [5.41, 5.74) is 1.50. The summed E-state index contributed by atoms with van der Waals surface area (Å²) in [5.74, 6) is -0.0527. The summed E-state index contributed by atoms with van der Waals surface area (Å²) in [7, 11) is 3.43. The van der Waals surface area contributed by atoms with Gasteiger partial charge in [-0.05, 0) is 18.6 Å². The predicted molar refractivity (Wildman–Crippen MR) is 54.2 cm³/mol. The van der Waals surface area contributed by atoms with Crippen LogP contribution in [-0.4, -0.2) is 24.9 Å². The highest BCUT2D eigenvalue weighted by Crippen LogP contribution is 2.20. The maximum Gasteiger partial charge on any atom is 0.255 e. The second kappa shape index (κ2) is 3.79. The summed E-state index contributed by atoms with van der Waals surface area (Å²) in [5, 5.41) is 0.513. The fraction of sp³-hybridized carbons (Fsp3) is 0.300. The van der Waals surface area contributed by atoms with E-state index in [9.17, 15) is 4.79 Å². The van der Waals surface area contributed by atoms with Gasteiger partial charge in [0, 0.05) is 14.1 Å². The Labute approximate surface area is 83.1 Å². The number of nitrogens with zero attached hydrogens (tertiary/aromatic N) is 1. The molecule has 0 spiro atoms. The molecule has 13 heavy (non-hydrogen) atoms. The molecule has 1 amide bonds. The van der Waals surface area contributed by atoms with Crippen LogP contribution in [0.25, 0.3) is 0 Å². The molecule has 0 saturated heterocycles. The van der Waals surface area contributed by atoms with E-state index >= 15 is 0 Å². The highest BCUT2D eigenvalue weighted by molar-refractivity contribution is 6.34. The van der Waals surface area contributed by atoms with Gasteiger partial charge in [0.25, 0.3) is 5.91 Å². The van der Waals surface area contributed by atoms with Crippen molar-refractivity contribution in [2.75, 3.05) is 14.1 Å².